The highest BCUT2D eigenvalue weighted by atomic mass is 31.2. The molecule has 0 unspecified atom stereocenters. The highest BCUT2D eigenvalue weighted by molar-refractivity contribution is 7.46. The molecule has 4 amide bonds. The number of phosphoric ester groups is 1. The molecule has 0 heterocycles. The SMILES string of the molecule is CC(C)C[C@H](NC(=O)CNC(=O)[C@H](Cc1ccc(OP(=O)(O)O)cc1)NC(=O)[C@H](C)NC(=O)CN)C(=O)O. The third-order valence-electron chi connectivity index (χ3n) is 4.94. The number of rotatable bonds is 15. The first-order valence-electron chi connectivity index (χ1n) is 11.5. The summed E-state index contributed by atoms with van der Waals surface area (Å²) in [5.74, 6) is -4.21. The van der Waals surface area contributed by atoms with Crippen LogP contribution in [0.25, 0.3) is 0 Å². The maximum absolute atomic E-state index is 12.9. The lowest BCUT2D eigenvalue weighted by atomic mass is 10.0. The number of hydrogen-bond acceptors (Lipinski definition) is 8. The molecular weight excluding hydrogens is 525 g/mol. The fraction of sp³-hybridized carbons (Fsp3) is 0.500. The molecule has 212 valence electrons. The zero-order valence-electron chi connectivity index (χ0n) is 21.2. The Labute approximate surface area is 219 Å². The lowest BCUT2D eigenvalue weighted by Crippen LogP contribution is -2.55. The van der Waals surface area contributed by atoms with E-state index in [1.807, 2.05) is 0 Å². The monoisotopic (exact) mass is 559 g/mol. The molecule has 0 spiro atoms. The molecule has 9 N–H and O–H groups in total. The van der Waals surface area contributed by atoms with Crippen LogP contribution in [0.3, 0.4) is 0 Å². The number of benzene rings is 1. The van der Waals surface area contributed by atoms with Crippen molar-refractivity contribution in [1.29, 1.82) is 0 Å². The van der Waals surface area contributed by atoms with Gasteiger partial charge in [0, 0.05) is 6.42 Å². The molecule has 0 fully saturated rings. The van der Waals surface area contributed by atoms with Gasteiger partial charge in [0.25, 0.3) is 0 Å². The highest BCUT2D eigenvalue weighted by Gasteiger charge is 2.26. The molecule has 0 aliphatic heterocycles. The average molecular weight is 560 g/mol. The van der Waals surface area contributed by atoms with Gasteiger partial charge in [0.1, 0.15) is 23.9 Å². The quantitative estimate of drug-likeness (QED) is 0.113. The van der Waals surface area contributed by atoms with Gasteiger partial charge < -0.3 is 36.6 Å². The molecule has 16 heteroatoms. The van der Waals surface area contributed by atoms with E-state index in [0.29, 0.717) is 5.56 Å². The molecule has 0 bridgehead atoms. The summed E-state index contributed by atoms with van der Waals surface area (Å²) in [6.45, 7) is 4.04. The molecule has 0 saturated carbocycles. The van der Waals surface area contributed by atoms with Crippen molar-refractivity contribution >= 4 is 37.4 Å². The van der Waals surface area contributed by atoms with E-state index in [1.54, 1.807) is 13.8 Å². The van der Waals surface area contributed by atoms with Crippen LogP contribution in [0.1, 0.15) is 32.8 Å². The van der Waals surface area contributed by atoms with Crippen molar-refractivity contribution in [2.45, 2.75) is 51.7 Å². The fourth-order valence-electron chi connectivity index (χ4n) is 3.16. The van der Waals surface area contributed by atoms with Gasteiger partial charge in [-0.3, -0.25) is 29.0 Å². The van der Waals surface area contributed by atoms with E-state index in [2.05, 4.69) is 25.8 Å². The molecule has 3 atom stereocenters. The second-order valence-electron chi connectivity index (χ2n) is 8.79. The van der Waals surface area contributed by atoms with Crippen molar-refractivity contribution in [3.05, 3.63) is 29.8 Å². The fourth-order valence-corrected chi connectivity index (χ4v) is 3.56. The van der Waals surface area contributed by atoms with Crippen molar-refractivity contribution in [2.24, 2.45) is 11.7 Å². The number of carboxylic acids is 1. The zero-order chi connectivity index (χ0) is 29.0. The van der Waals surface area contributed by atoms with E-state index in [9.17, 15) is 33.6 Å². The second kappa shape index (κ2) is 15.0. The number of nitrogens with two attached hydrogens (primary N) is 1. The maximum atomic E-state index is 12.9. The molecule has 38 heavy (non-hydrogen) atoms. The van der Waals surface area contributed by atoms with E-state index in [1.165, 1.54) is 31.2 Å². The Kier molecular flexibility index (Phi) is 12.9. The van der Waals surface area contributed by atoms with Gasteiger partial charge in [-0.25, -0.2) is 9.36 Å². The third-order valence-corrected chi connectivity index (χ3v) is 5.39. The van der Waals surface area contributed by atoms with Gasteiger partial charge in [0.2, 0.25) is 23.6 Å². The van der Waals surface area contributed by atoms with Gasteiger partial charge in [-0.05, 0) is 37.0 Å². The van der Waals surface area contributed by atoms with E-state index in [-0.39, 0.29) is 31.1 Å². The first kappa shape index (κ1) is 32.5. The first-order valence-corrected chi connectivity index (χ1v) is 13.1. The van der Waals surface area contributed by atoms with Gasteiger partial charge in [0.15, 0.2) is 0 Å². The average Bonchev–Trinajstić information content (AvgIpc) is 2.81. The zero-order valence-corrected chi connectivity index (χ0v) is 22.1. The van der Waals surface area contributed by atoms with Crippen LogP contribution in [0.4, 0.5) is 0 Å². The van der Waals surface area contributed by atoms with Crippen LogP contribution in [0.15, 0.2) is 24.3 Å². The Balaban J connectivity index is 2.96. The molecule has 0 aromatic heterocycles. The summed E-state index contributed by atoms with van der Waals surface area (Å²) in [5, 5.41) is 18.8. The Hall–Kier alpha value is -3.52. The third kappa shape index (κ3) is 12.6. The Bertz CT molecular complexity index is 1040. The van der Waals surface area contributed by atoms with Crippen LogP contribution >= 0.6 is 7.82 Å². The lowest BCUT2D eigenvalue weighted by Gasteiger charge is -2.22. The molecule has 1 aromatic carbocycles. The van der Waals surface area contributed by atoms with Crippen molar-refractivity contribution in [2.75, 3.05) is 13.1 Å². The van der Waals surface area contributed by atoms with Crippen LogP contribution in [0.5, 0.6) is 5.75 Å². The molecule has 0 aliphatic carbocycles. The molecule has 1 rings (SSSR count). The van der Waals surface area contributed by atoms with Gasteiger partial charge in [-0.15, -0.1) is 0 Å². The minimum absolute atomic E-state index is 0.00850. The summed E-state index contributed by atoms with van der Waals surface area (Å²) in [6, 6.07) is 1.90. The summed E-state index contributed by atoms with van der Waals surface area (Å²) in [7, 11) is -4.77. The lowest BCUT2D eigenvalue weighted by molar-refractivity contribution is -0.142. The number of phosphoric acid groups is 1. The van der Waals surface area contributed by atoms with E-state index in [4.69, 9.17) is 15.5 Å². The van der Waals surface area contributed by atoms with Gasteiger partial charge in [-0.1, -0.05) is 26.0 Å². The van der Waals surface area contributed by atoms with Crippen molar-refractivity contribution < 1.29 is 48.0 Å². The minimum Gasteiger partial charge on any atom is -0.480 e. The molecule has 0 radical (unpaired) electrons. The Morgan fingerprint density at radius 3 is 2.03 bits per heavy atom. The predicted octanol–water partition coefficient (Wildman–Crippen LogP) is -1.62. The number of aliphatic carboxylic acids is 1. The number of amides is 4. The van der Waals surface area contributed by atoms with Crippen LogP contribution < -0.4 is 31.5 Å². The van der Waals surface area contributed by atoms with Crippen molar-refractivity contribution in [3.8, 4) is 5.75 Å². The summed E-state index contributed by atoms with van der Waals surface area (Å²) < 4.78 is 15.5. The molecule has 0 saturated heterocycles. The van der Waals surface area contributed by atoms with Crippen molar-refractivity contribution in [3.63, 3.8) is 0 Å². The van der Waals surface area contributed by atoms with Gasteiger partial charge >= 0.3 is 13.8 Å². The van der Waals surface area contributed by atoms with Crippen LogP contribution in [-0.4, -0.2) is 75.7 Å². The summed E-state index contributed by atoms with van der Waals surface area (Å²) in [5.41, 5.74) is 5.68. The molecule has 1 aromatic rings. The first-order chi connectivity index (χ1) is 17.6. The van der Waals surface area contributed by atoms with E-state index < -0.39 is 62.1 Å². The van der Waals surface area contributed by atoms with E-state index >= 15 is 0 Å². The van der Waals surface area contributed by atoms with Crippen LogP contribution in [-0.2, 0) is 35.0 Å². The minimum atomic E-state index is -4.77. The van der Waals surface area contributed by atoms with Crippen LogP contribution in [0.2, 0.25) is 0 Å². The van der Waals surface area contributed by atoms with Gasteiger partial charge in [0.05, 0.1) is 13.1 Å². The maximum Gasteiger partial charge on any atom is 0.524 e. The number of carbonyl (C=O) groups excluding carboxylic acids is 4. The number of nitrogens with one attached hydrogen (secondary N) is 4. The normalized spacial score (nSPS) is 13.6. The largest absolute Gasteiger partial charge is 0.524 e. The van der Waals surface area contributed by atoms with E-state index in [0.717, 1.165) is 0 Å². The Morgan fingerprint density at radius 1 is 0.921 bits per heavy atom. The molecule has 15 nitrogen and oxygen atoms in total. The summed E-state index contributed by atoms with van der Waals surface area (Å²) >= 11 is 0. The van der Waals surface area contributed by atoms with Crippen molar-refractivity contribution in [1.82, 2.24) is 21.3 Å². The number of hydrogen-bond donors (Lipinski definition) is 8. The number of carboxylic acid groups (broad SMARTS) is 1. The highest BCUT2D eigenvalue weighted by Crippen LogP contribution is 2.37. The topological polar surface area (TPSA) is 246 Å². The molecule has 0 aliphatic rings. The molecular formula is C22H34N5O10P. The summed E-state index contributed by atoms with van der Waals surface area (Å²) in [4.78, 5) is 78.4. The number of carbonyl (C=O) groups is 5. The predicted molar refractivity (Wildman–Crippen MR) is 133 cm³/mol. The summed E-state index contributed by atoms with van der Waals surface area (Å²) in [6.07, 6.45) is 0.0693. The Morgan fingerprint density at radius 2 is 1.53 bits per heavy atom. The smallest absolute Gasteiger partial charge is 0.480 e. The van der Waals surface area contributed by atoms with Gasteiger partial charge in [-0.2, -0.15) is 0 Å². The second-order valence-corrected chi connectivity index (χ2v) is 9.95. The standard InChI is InChI=1S/C22H34N5O10P/c1-12(2)8-17(22(32)33)26-19(29)11-24-21(31)16(27-20(30)13(3)25-18(28)10-23)9-14-4-6-15(7-5-14)37-38(34,35)36/h4-7,12-13,16-17H,8-11,23H2,1-3H3,(H,24,31)(H,25,28)(H,26,29)(H,27,30)(H,32,33)(H2,34,35,36)/t13-,16-,17-/m0/s1. The van der Waals surface area contributed by atoms with Crippen LogP contribution in [0, 0.1) is 5.92 Å².